The third-order valence-electron chi connectivity index (χ3n) is 3.39. The fourth-order valence-corrected chi connectivity index (χ4v) is 2.52. The number of aliphatic carboxylic acids is 1. The number of nitrogens with zero attached hydrogens (tertiary/aromatic N) is 2. The maximum Gasteiger partial charge on any atom is 0.308 e. The highest BCUT2D eigenvalue weighted by Gasteiger charge is 2.36. The molecule has 2 aliphatic rings. The molecule has 0 spiro atoms. The van der Waals surface area contributed by atoms with Crippen LogP contribution in [0.2, 0.25) is 0 Å². The van der Waals surface area contributed by atoms with Gasteiger partial charge in [0, 0.05) is 12.7 Å². The molecule has 3 rings (SSSR count). The molecule has 92 valence electrons. The molecular formula is C11H15N3O3. The number of hydrogen-bond donors (Lipinski definition) is 2. The molecule has 2 unspecified atom stereocenters. The van der Waals surface area contributed by atoms with Crippen LogP contribution in [0, 0.1) is 5.92 Å². The van der Waals surface area contributed by atoms with Crippen LogP contribution in [0.1, 0.15) is 24.6 Å². The molecule has 1 saturated heterocycles. The summed E-state index contributed by atoms with van der Waals surface area (Å²) in [6, 6.07) is 0.429. The molecule has 2 aliphatic heterocycles. The van der Waals surface area contributed by atoms with Crippen LogP contribution < -0.4 is 10.1 Å². The average molecular weight is 237 g/mol. The first kappa shape index (κ1) is 10.6. The molecule has 0 aliphatic carbocycles. The fraction of sp³-hybridized carbons (Fsp3) is 0.636. The van der Waals surface area contributed by atoms with Gasteiger partial charge >= 0.3 is 5.97 Å². The van der Waals surface area contributed by atoms with E-state index in [2.05, 4.69) is 10.3 Å². The van der Waals surface area contributed by atoms with E-state index in [1.807, 2.05) is 10.8 Å². The van der Waals surface area contributed by atoms with Gasteiger partial charge in [-0.3, -0.25) is 4.79 Å². The standard InChI is InChI=1S/C11H15N3O3/c15-10(16)7-2-3-12-9(7)8-6-14-4-1-5-17-11(14)13-8/h6-7,9,12H,1-5H2,(H,15,16). The van der Waals surface area contributed by atoms with Crippen LogP contribution in [-0.2, 0) is 11.3 Å². The van der Waals surface area contributed by atoms with E-state index in [0.717, 1.165) is 25.2 Å². The van der Waals surface area contributed by atoms with E-state index in [9.17, 15) is 4.79 Å². The monoisotopic (exact) mass is 237 g/mol. The van der Waals surface area contributed by atoms with Gasteiger partial charge in [0.15, 0.2) is 0 Å². The molecule has 1 aromatic heterocycles. The Bertz CT molecular complexity index is 420. The van der Waals surface area contributed by atoms with Gasteiger partial charge in [0.25, 0.3) is 6.01 Å². The van der Waals surface area contributed by atoms with Crippen molar-refractivity contribution in [3.05, 3.63) is 11.9 Å². The third-order valence-corrected chi connectivity index (χ3v) is 3.39. The van der Waals surface area contributed by atoms with Crippen molar-refractivity contribution < 1.29 is 14.6 Å². The molecule has 6 nitrogen and oxygen atoms in total. The van der Waals surface area contributed by atoms with E-state index >= 15 is 0 Å². The van der Waals surface area contributed by atoms with Gasteiger partial charge in [-0.15, -0.1) is 0 Å². The lowest BCUT2D eigenvalue weighted by Crippen LogP contribution is -2.23. The largest absolute Gasteiger partial charge is 0.481 e. The van der Waals surface area contributed by atoms with Gasteiger partial charge in [0.2, 0.25) is 0 Å². The zero-order chi connectivity index (χ0) is 11.8. The number of aryl methyl sites for hydroxylation is 1. The van der Waals surface area contributed by atoms with Crippen molar-refractivity contribution in [3.63, 3.8) is 0 Å². The van der Waals surface area contributed by atoms with Crippen molar-refractivity contribution >= 4 is 5.97 Å². The van der Waals surface area contributed by atoms with E-state index in [-0.39, 0.29) is 12.0 Å². The van der Waals surface area contributed by atoms with Crippen molar-refractivity contribution in [2.45, 2.75) is 25.4 Å². The third kappa shape index (κ3) is 1.78. The quantitative estimate of drug-likeness (QED) is 0.778. The maximum absolute atomic E-state index is 11.1. The Kier molecular flexibility index (Phi) is 2.51. The van der Waals surface area contributed by atoms with Gasteiger partial charge in [0.1, 0.15) is 0 Å². The Balaban J connectivity index is 1.88. The minimum Gasteiger partial charge on any atom is -0.481 e. The summed E-state index contributed by atoms with van der Waals surface area (Å²) in [5.41, 5.74) is 0.784. The zero-order valence-electron chi connectivity index (χ0n) is 9.43. The number of carbonyl (C=O) groups is 1. The van der Waals surface area contributed by atoms with Crippen molar-refractivity contribution in [1.29, 1.82) is 0 Å². The van der Waals surface area contributed by atoms with Crippen LogP contribution in [0.4, 0.5) is 0 Å². The van der Waals surface area contributed by atoms with Gasteiger partial charge in [0.05, 0.1) is 24.3 Å². The average Bonchev–Trinajstić information content (AvgIpc) is 2.95. The Labute approximate surface area is 98.6 Å². The first-order valence-electron chi connectivity index (χ1n) is 5.92. The molecule has 0 radical (unpaired) electrons. The predicted molar refractivity (Wildman–Crippen MR) is 58.8 cm³/mol. The first-order chi connectivity index (χ1) is 8.25. The number of rotatable bonds is 2. The summed E-state index contributed by atoms with van der Waals surface area (Å²) in [5, 5.41) is 12.3. The Morgan fingerprint density at radius 1 is 1.65 bits per heavy atom. The number of aromatic nitrogens is 2. The Morgan fingerprint density at radius 3 is 3.29 bits per heavy atom. The van der Waals surface area contributed by atoms with Crippen LogP contribution in [0.5, 0.6) is 6.01 Å². The van der Waals surface area contributed by atoms with Crippen molar-refractivity contribution in [3.8, 4) is 6.01 Å². The van der Waals surface area contributed by atoms with Crippen LogP contribution in [-0.4, -0.2) is 33.8 Å². The number of hydrogen-bond acceptors (Lipinski definition) is 4. The van der Waals surface area contributed by atoms with Crippen molar-refractivity contribution in [1.82, 2.24) is 14.9 Å². The first-order valence-corrected chi connectivity index (χ1v) is 5.92. The smallest absolute Gasteiger partial charge is 0.308 e. The highest BCUT2D eigenvalue weighted by molar-refractivity contribution is 5.71. The topological polar surface area (TPSA) is 76.4 Å². The molecule has 0 bridgehead atoms. The molecule has 0 amide bonds. The maximum atomic E-state index is 11.1. The van der Waals surface area contributed by atoms with Crippen LogP contribution in [0.25, 0.3) is 0 Å². The molecule has 0 aromatic carbocycles. The Morgan fingerprint density at radius 2 is 2.53 bits per heavy atom. The molecule has 2 N–H and O–H groups in total. The van der Waals surface area contributed by atoms with Crippen molar-refractivity contribution in [2.24, 2.45) is 5.92 Å². The Hall–Kier alpha value is -1.56. The zero-order valence-corrected chi connectivity index (χ0v) is 9.43. The molecule has 17 heavy (non-hydrogen) atoms. The summed E-state index contributed by atoms with van der Waals surface area (Å²) < 4.78 is 7.39. The second-order valence-electron chi connectivity index (χ2n) is 4.51. The minimum absolute atomic E-state index is 0.186. The summed E-state index contributed by atoms with van der Waals surface area (Å²) in [5.74, 6) is -1.14. The van der Waals surface area contributed by atoms with E-state index in [4.69, 9.17) is 9.84 Å². The minimum atomic E-state index is -0.758. The lowest BCUT2D eigenvalue weighted by Gasteiger charge is -2.13. The van der Waals surface area contributed by atoms with Crippen molar-refractivity contribution in [2.75, 3.05) is 13.2 Å². The second-order valence-corrected chi connectivity index (χ2v) is 4.51. The highest BCUT2D eigenvalue weighted by atomic mass is 16.5. The van der Waals surface area contributed by atoms with Gasteiger partial charge < -0.3 is 19.7 Å². The number of carboxylic acids is 1. The molecular weight excluding hydrogens is 222 g/mol. The van der Waals surface area contributed by atoms with Gasteiger partial charge in [-0.1, -0.05) is 0 Å². The fourth-order valence-electron chi connectivity index (χ4n) is 2.52. The number of nitrogens with one attached hydrogen (secondary N) is 1. The van der Waals surface area contributed by atoms with E-state index < -0.39 is 5.97 Å². The number of fused-ring (bicyclic) bond motifs is 1. The van der Waals surface area contributed by atoms with Gasteiger partial charge in [-0.2, -0.15) is 4.98 Å². The summed E-state index contributed by atoms with van der Waals surface area (Å²) >= 11 is 0. The SMILES string of the molecule is O=C(O)C1CCNC1c1cn2c(n1)OCCC2. The highest BCUT2D eigenvalue weighted by Crippen LogP contribution is 2.31. The number of ether oxygens (including phenoxy) is 1. The predicted octanol–water partition coefficient (Wildman–Crippen LogP) is 0.401. The lowest BCUT2D eigenvalue weighted by molar-refractivity contribution is -0.142. The summed E-state index contributed by atoms with van der Waals surface area (Å²) in [4.78, 5) is 15.5. The number of imidazole rings is 1. The van der Waals surface area contributed by atoms with Gasteiger partial charge in [-0.25, -0.2) is 0 Å². The lowest BCUT2D eigenvalue weighted by atomic mass is 9.99. The molecule has 1 fully saturated rings. The molecule has 0 saturated carbocycles. The van der Waals surface area contributed by atoms with Crippen LogP contribution in [0.3, 0.4) is 0 Å². The van der Waals surface area contributed by atoms with E-state index in [1.54, 1.807) is 0 Å². The summed E-state index contributed by atoms with van der Waals surface area (Å²) in [6.07, 6.45) is 3.54. The van der Waals surface area contributed by atoms with E-state index in [0.29, 0.717) is 19.0 Å². The molecule has 6 heteroatoms. The molecule has 3 heterocycles. The summed E-state index contributed by atoms with van der Waals surface area (Å²) in [6.45, 7) is 2.31. The van der Waals surface area contributed by atoms with E-state index in [1.165, 1.54) is 0 Å². The normalized spacial score (nSPS) is 27.5. The summed E-state index contributed by atoms with van der Waals surface area (Å²) in [7, 11) is 0. The van der Waals surface area contributed by atoms with Crippen LogP contribution >= 0.6 is 0 Å². The van der Waals surface area contributed by atoms with Crippen LogP contribution in [0.15, 0.2) is 6.20 Å². The molecule has 2 atom stereocenters. The molecule has 1 aromatic rings. The number of carboxylic acid groups (broad SMARTS) is 1. The second kappa shape index (κ2) is 4.03. The van der Waals surface area contributed by atoms with Gasteiger partial charge in [-0.05, 0) is 19.4 Å².